The van der Waals surface area contributed by atoms with Crippen LogP contribution in [0.1, 0.15) is 26.7 Å². The fourth-order valence-electron chi connectivity index (χ4n) is 2.12. The van der Waals surface area contributed by atoms with Gasteiger partial charge in [0.15, 0.2) is 0 Å². The molecule has 0 bridgehead atoms. The minimum Gasteiger partial charge on any atom is -0.481 e. The van der Waals surface area contributed by atoms with E-state index in [4.69, 9.17) is 16.7 Å². The van der Waals surface area contributed by atoms with Crippen LogP contribution in [-0.2, 0) is 9.59 Å². The maximum atomic E-state index is 12.1. The standard InChI is InChI=1S/C14H15ClN2O3S/c1-14(2,6-11(19)20)5-10(18)17-12-8(15)3-4-9-13(12)16-7-21-9/h3-4,7H,5-6H2,1-2H3,(H,17,18)(H,19,20). The molecule has 0 aliphatic heterocycles. The molecule has 0 unspecified atom stereocenters. The number of carbonyl (C=O) groups excluding carboxylic acids is 1. The zero-order chi connectivity index (χ0) is 15.6. The Balaban J connectivity index is 2.17. The molecule has 21 heavy (non-hydrogen) atoms. The zero-order valence-corrected chi connectivity index (χ0v) is 13.2. The lowest BCUT2D eigenvalue weighted by Crippen LogP contribution is -2.25. The van der Waals surface area contributed by atoms with E-state index in [0.717, 1.165) is 4.70 Å². The van der Waals surface area contributed by atoms with E-state index in [9.17, 15) is 9.59 Å². The van der Waals surface area contributed by atoms with Crippen LogP contribution in [0, 0.1) is 5.41 Å². The van der Waals surface area contributed by atoms with Crippen LogP contribution < -0.4 is 5.32 Å². The first kappa shape index (κ1) is 15.7. The Hall–Kier alpha value is -1.66. The number of rotatable bonds is 5. The number of amides is 1. The van der Waals surface area contributed by atoms with Gasteiger partial charge in [0.05, 0.1) is 27.3 Å². The number of nitrogens with one attached hydrogen (secondary N) is 1. The van der Waals surface area contributed by atoms with Crippen molar-refractivity contribution in [2.75, 3.05) is 5.32 Å². The van der Waals surface area contributed by atoms with Crippen LogP contribution in [0.5, 0.6) is 0 Å². The minimum atomic E-state index is -0.924. The normalized spacial score (nSPS) is 11.6. The van der Waals surface area contributed by atoms with E-state index in [-0.39, 0.29) is 18.7 Å². The zero-order valence-electron chi connectivity index (χ0n) is 11.6. The van der Waals surface area contributed by atoms with E-state index in [2.05, 4.69) is 10.3 Å². The van der Waals surface area contributed by atoms with Crippen molar-refractivity contribution < 1.29 is 14.7 Å². The fourth-order valence-corrected chi connectivity index (χ4v) is 3.00. The molecule has 0 fully saturated rings. The molecule has 0 atom stereocenters. The van der Waals surface area contributed by atoms with Crippen molar-refractivity contribution in [2.45, 2.75) is 26.7 Å². The quantitative estimate of drug-likeness (QED) is 0.876. The molecule has 1 amide bonds. The number of carbonyl (C=O) groups is 2. The van der Waals surface area contributed by atoms with E-state index < -0.39 is 11.4 Å². The van der Waals surface area contributed by atoms with E-state index in [1.807, 2.05) is 6.07 Å². The summed E-state index contributed by atoms with van der Waals surface area (Å²) < 4.78 is 0.930. The SMILES string of the molecule is CC(C)(CC(=O)O)CC(=O)Nc1c(Cl)ccc2scnc12. The van der Waals surface area contributed by atoms with Gasteiger partial charge in [-0.3, -0.25) is 9.59 Å². The predicted molar refractivity (Wildman–Crippen MR) is 83.9 cm³/mol. The number of carboxylic acids is 1. The third kappa shape index (κ3) is 3.92. The van der Waals surface area contributed by atoms with Crippen molar-refractivity contribution >= 4 is 50.7 Å². The average molecular weight is 327 g/mol. The third-order valence-corrected chi connectivity index (χ3v) is 4.09. The number of halogens is 1. The predicted octanol–water partition coefficient (Wildman–Crippen LogP) is 3.78. The van der Waals surface area contributed by atoms with Crippen molar-refractivity contribution in [3.63, 3.8) is 0 Å². The Labute approximate surface area is 130 Å². The Morgan fingerprint density at radius 3 is 2.76 bits per heavy atom. The number of benzene rings is 1. The summed E-state index contributed by atoms with van der Waals surface area (Å²) in [5.74, 6) is -1.20. The number of nitrogens with zero attached hydrogens (tertiary/aromatic N) is 1. The number of carboxylic acid groups (broad SMARTS) is 1. The highest BCUT2D eigenvalue weighted by Gasteiger charge is 2.26. The van der Waals surface area contributed by atoms with Crippen LogP contribution in [0.2, 0.25) is 5.02 Å². The van der Waals surface area contributed by atoms with Crippen molar-refractivity contribution in [2.24, 2.45) is 5.41 Å². The Morgan fingerprint density at radius 2 is 2.10 bits per heavy atom. The molecule has 1 aromatic carbocycles. The van der Waals surface area contributed by atoms with Gasteiger partial charge in [0.2, 0.25) is 5.91 Å². The molecule has 0 saturated heterocycles. The monoisotopic (exact) mass is 326 g/mol. The largest absolute Gasteiger partial charge is 0.481 e. The highest BCUT2D eigenvalue weighted by Crippen LogP contribution is 2.33. The van der Waals surface area contributed by atoms with Crippen LogP contribution in [0.25, 0.3) is 10.2 Å². The van der Waals surface area contributed by atoms with Gasteiger partial charge >= 0.3 is 5.97 Å². The molecule has 1 aromatic heterocycles. The lowest BCUT2D eigenvalue weighted by molar-refractivity contribution is -0.139. The molecule has 0 aliphatic carbocycles. The minimum absolute atomic E-state index is 0.0744. The summed E-state index contributed by atoms with van der Waals surface area (Å²) in [5, 5.41) is 12.0. The number of hydrogen-bond donors (Lipinski definition) is 2. The molecular weight excluding hydrogens is 312 g/mol. The lowest BCUT2D eigenvalue weighted by atomic mass is 9.85. The number of fused-ring (bicyclic) bond motifs is 1. The molecule has 0 radical (unpaired) electrons. The van der Waals surface area contributed by atoms with Crippen molar-refractivity contribution in [3.8, 4) is 0 Å². The van der Waals surface area contributed by atoms with Crippen LogP contribution in [0.3, 0.4) is 0 Å². The summed E-state index contributed by atoms with van der Waals surface area (Å²) >= 11 is 7.58. The van der Waals surface area contributed by atoms with Gasteiger partial charge in [-0.15, -0.1) is 11.3 Å². The number of aromatic nitrogens is 1. The van der Waals surface area contributed by atoms with Crippen LogP contribution >= 0.6 is 22.9 Å². The van der Waals surface area contributed by atoms with Gasteiger partial charge < -0.3 is 10.4 Å². The van der Waals surface area contributed by atoms with Crippen molar-refractivity contribution in [1.29, 1.82) is 0 Å². The molecule has 112 valence electrons. The molecule has 0 aliphatic rings. The van der Waals surface area contributed by atoms with Gasteiger partial charge in [-0.1, -0.05) is 25.4 Å². The molecule has 5 nitrogen and oxygen atoms in total. The molecule has 2 aromatic rings. The maximum Gasteiger partial charge on any atom is 0.303 e. The van der Waals surface area contributed by atoms with E-state index in [1.54, 1.807) is 25.4 Å². The van der Waals surface area contributed by atoms with Gasteiger partial charge in [0.1, 0.15) is 5.52 Å². The summed E-state index contributed by atoms with van der Waals surface area (Å²) in [7, 11) is 0. The highest BCUT2D eigenvalue weighted by molar-refractivity contribution is 7.16. The number of aliphatic carboxylic acids is 1. The van der Waals surface area contributed by atoms with Crippen LogP contribution in [0.15, 0.2) is 17.6 Å². The Kier molecular flexibility index (Phi) is 4.49. The van der Waals surface area contributed by atoms with E-state index in [1.165, 1.54) is 11.3 Å². The molecule has 2 rings (SSSR count). The van der Waals surface area contributed by atoms with Gasteiger partial charge in [0, 0.05) is 6.42 Å². The summed E-state index contributed by atoms with van der Waals surface area (Å²) in [6, 6.07) is 3.55. The summed E-state index contributed by atoms with van der Waals surface area (Å²) in [6.07, 6.45) is 0.0191. The second-order valence-electron chi connectivity index (χ2n) is 5.58. The second-order valence-corrected chi connectivity index (χ2v) is 6.87. The van der Waals surface area contributed by atoms with E-state index >= 15 is 0 Å². The van der Waals surface area contributed by atoms with Gasteiger partial charge in [-0.25, -0.2) is 4.98 Å². The molecular formula is C14H15ClN2O3S. The van der Waals surface area contributed by atoms with Crippen molar-refractivity contribution in [1.82, 2.24) is 4.98 Å². The Morgan fingerprint density at radius 1 is 1.38 bits per heavy atom. The van der Waals surface area contributed by atoms with Gasteiger partial charge in [0.25, 0.3) is 0 Å². The maximum absolute atomic E-state index is 12.1. The van der Waals surface area contributed by atoms with Crippen LogP contribution in [-0.4, -0.2) is 22.0 Å². The summed E-state index contributed by atoms with van der Waals surface area (Å²) in [4.78, 5) is 27.1. The highest BCUT2D eigenvalue weighted by atomic mass is 35.5. The first-order chi connectivity index (χ1) is 9.78. The van der Waals surface area contributed by atoms with Gasteiger partial charge in [-0.2, -0.15) is 0 Å². The Bertz CT molecular complexity index is 697. The topological polar surface area (TPSA) is 79.3 Å². The smallest absolute Gasteiger partial charge is 0.303 e. The average Bonchev–Trinajstić information content (AvgIpc) is 2.78. The molecule has 7 heteroatoms. The molecule has 0 spiro atoms. The van der Waals surface area contributed by atoms with Gasteiger partial charge in [-0.05, 0) is 17.5 Å². The fraction of sp³-hybridized carbons (Fsp3) is 0.357. The number of thiazole rings is 1. The molecule has 2 N–H and O–H groups in total. The summed E-state index contributed by atoms with van der Waals surface area (Å²) in [6.45, 7) is 3.48. The van der Waals surface area contributed by atoms with E-state index in [0.29, 0.717) is 16.2 Å². The summed E-state index contributed by atoms with van der Waals surface area (Å²) in [5.41, 5.74) is 2.19. The second kappa shape index (κ2) is 5.99. The first-order valence-corrected chi connectivity index (χ1v) is 7.57. The molecule has 1 heterocycles. The first-order valence-electron chi connectivity index (χ1n) is 6.32. The molecule has 0 saturated carbocycles. The third-order valence-electron chi connectivity index (χ3n) is 2.98. The lowest BCUT2D eigenvalue weighted by Gasteiger charge is -2.21. The van der Waals surface area contributed by atoms with Crippen LogP contribution in [0.4, 0.5) is 5.69 Å². The van der Waals surface area contributed by atoms with Crippen molar-refractivity contribution in [3.05, 3.63) is 22.7 Å². The number of hydrogen-bond acceptors (Lipinski definition) is 4. The number of anilines is 1.